The molecule has 0 aliphatic heterocycles. The zero-order chi connectivity index (χ0) is 14.8. The van der Waals surface area contributed by atoms with Crippen molar-refractivity contribution in [1.29, 1.82) is 0 Å². The molecule has 4 heteroatoms. The first-order chi connectivity index (χ1) is 9.74. The SMILES string of the molecule is C=Cc1cccc(C(CC)O[Si]C(OCC)OCC)c1. The van der Waals surface area contributed by atoms with Gasteiger partial charge in [0.15, 0.2) is 5.91 Å². The lowest BCUT2D eigenvalue weighted by atomic mass is 10.0. The van der Waals surface area contributed by atoms with Crippen molar-refractivity contribution >= 4 is 15.8 Å². The maximum atomic E-state index is 5.99. The second-order valence-corrected chi connectivity index (χ2v) is 5.19. The summed E-state index contributed by atoms with van der Waals surface area (Å²) in [4.78, 5) is 0. The standard InChI is InChI=1S/C16H24O3Si/c1-5-13-10-9-11-14(12-13)15(6-2)19-20-16(17-7-3)18-8-4/h5,9-12,15-16H,1,6-8H2,2-4H3. The minimum absolute atomic E-state index is 0.0663. The third-order valence-electron chi connectivity index (χ3n) is 2.83. The summed E-state index contributed by atoms with van der Waals surface area (Å²) >= 11 is 0. The summed E-state index contributed by atoms with van der Waals surface area (Å²) in [5.74, 6) is -0.262. The average molecular weight is 292 g/mol. The second-order valence-electron chi connectivity index (χ2n) is 4.25. The summed E-state index contributed by atoms with van der Waals surface area (Å²) < 4.78 is 17.0. The Morgan fingerprint density at radius 1 is 1.20 bits per heavy atom. The number of benzene rings is 1. The zero-order valence-corrected chi connectivity index (χ0v) is 13.6. The predicted molar refractivity (Wildman–Crippen MR) is 83.4 cm³/mol. The van der Waals surface area contributed by atoms with Crippen LogP contribution < -0.4 is 0 Å². The van der Waals surface area contributed by atoms with Gasteiger partial charge in [-0.2, -0.15) is 0 Å². The van der Waals surface area contributed by atoms with Gasteiger partial charge in [0.05, 0.1) is 6.10 Å². The molecule has 0 N–H and O–H groups in total. The van der Waals surface area contributed by atoms with E-state index in [0.717, 1.165) is 12.0 Å². The van der Waals surface area contributed by atoms with Crippen LogP contribution in [0.3, 0.4) is 0 Å². The molecule has 0 spiro atoms. The summed E-state index contributed by atoms with van der Waals surface area (Å²) in [5.41, 5.74) is 2.28. The minimum Gasteiger partial charge on any atom is -0.405 e. The fourth-order valence-electron chi connectivity index (χ4n) is 1.83. The van der Waals surface area contributed by atoms with Crippen LogP contribution in [-0.4, -0.2) is 28.9 Å². The van der Waals surface area contributed by atoms with E-state index in [1.54, 1.807) is 0 Å². The molecule has 110 valence electrons. The number of rotatable bonds is 10. The molecule has 0 saturated heterocycles. The Bertz CT molecular complexity index is 389. The smallest absolute Gasteiger partial charge is 0.300 e. The molecule has 1 aromatic carbocycles. The fourth-order valence-corrected chi connectivity index (χ4v) is 2.88. The zero-order valence-electron chi connectivity index (χ0n) is 12.6. The molecule has 0 aliphatic rings. The van der Waals surface area contributed by atoms with Crippen LogP contribution in [0.1, 0.15) is 44.4 Å². The molecule has 20 heavy (non-hydrogen) atoms. The van der Waals surface area contributed by atoms with Crippen molar-refractivity contribution in [2.45, 2.75) is 39.2 Å². The summed E-state index contributed by atoms with van der Waals surface area (Å²) in [6, 6.07) is 8.27. The van der Waals surface area contributed by atoms with Crippen LogP contribution in [0.25, 0.3) is 6.08 Å². The normalized spacial score (nSPS) is 12.6. The highest BCUT2D eigenvalue weighted by Crippen LogP contribution is 2.22. The average Bonchev–Trinajstić information content (AvgIpc) is 2.48. The van der Waals surface area contributed by atoms with Gasteiger partial charge in [-0.25, -0.2) is 0 Å². The Morgan fingerprint density at radius 3 is 2.45 bits per heavy atom. The molecule has 0 heterocycles. The molecule has 0 fully saturated rings. The van der Waals surface area contributed by atoms with Gasteiger partial charge in [0, 0.05) is 13.2 Å². The summed E-state index contributed by atoms with van der Waals surface area (Å²) in [6.07, 6.45) is 2.83. The van der Waals surface area contributed by atoms with E-state index in [1.165, 1.54) is 5.56 Å². The van der Waals surface area contributed by atoms with Gasteiger partial charge in [0.2, 0.25) is 0 Å². The van der Waals surface area contributed by atoms with E-state index >= 15 is 0 Å². The highest BCUT2D eigenvalue weighted by molar-refractivity contribution is 6.28. The lowest BCUT2D eigenvalue weighted by molar-refractivity contribution is -0.0920. The number of hydrogen-bond acceptors (Lipinski definition) is 3. The quantitative estimate of drug-likeness (QED) is 0.485. The van der Waals surface area contributed by atoms with Gasteiger partial charge in [-0.1, -0.05) is 37.8 Å². The molecule has 0 aromatic heterocycles. The second kappa shape index (κ2) is 9.88. The lowest BCUT2D eigenvalue weighted by Gasteiger charge is -2.21. The molecule has 1 unspecified atom stereocenters. The molecule has 0 amide bonds. The first-order valence-corrected chi connectivity index (χ1v) is 8.10. The fraction of sp³-hybridized carbons (Fsp3) is 0.500. The largest absolute Gasteiger partial charge is 0.405 e. The van der Waals surface area contributed by atoms with Crippen molar-refractivity contribution in [2.75, 3.05) is 13.2 Å². The van der Waals surface area contributed by atoms with E-state index in [1.807, 2.05) is 32.1 Å². The maximum Gasteiger partial charge on any atom is 0.300 e. The van der Waals surface area contributed by atoms with E-state index in [2.05, 4.69) is 25.6 Å². The van der Waals surface area contributed by atoms with E-state index in [0.29, 0.717) is 13.2 Å². The molecule has 0 bridgehead atoms. The third kappa shape index (κ3) is 5.59. The Hall–Kier alpha value is -0.943. The van der Waals surface area contributed by atoms with Crippen LogP contribution in [0.4, 0.5) is 0 Å². The third-order valence-corrected chi connectivity index (χ3v) is 3.78. The van der Waals surface area contributed by atoms with Crippen LogP contribution in [0, 0.1) is 0 Å². The molecule has 0 saturated carbocycles. The van der Waals surface area contributed by atoms with Crippen LogP contribution in [0.15, 0.2) is 30.8 Å². The molecule has 1 aromatic rings. The van der Waals surface area contributed by atoms with Crippen molar-refractivity contribution in [2.24, 2.45) is 0 Å². The molecular weight excluding hydrogens is 268 g/mol. The molecule has 1 atom stereocenters. The first-order valence-electron chi connectivity index (χ1n) is 7.11. The van der Waals surface area contributed by atoms with Crippen molar-refractivity contribution in [3.63, 3.8) is 0 Å². The van der Waals surface area contributed by atoms with Gasteiger partial charge < -0.3 is 13.9 Å². The van der Waals surface area contributed by atoms with Gasteiger partial charge in [0.1, 0.15) is 0 Å². The molecule has 2 radical (unpaired) electrons. The Morgan fingerprint density at radius 2 is 1.90 bits per heavy atom. The summed E-state index contributed by atoms with van der Waals surface area (Å²) in [7, 11) is 0.177. The molecule has 3 nitrogen and oxygen atoms in total. The molecule has 1 rings (SSSR count). The van der Waals surface area contributed by atoms with E-state index in [4.69, 9.17) is 13.9 Å². The van der Waals surface area contributed by atoms with Crippen molar-refractivity contribution in [1.82, 2.24) is 0 Å². The maximum absolute atomic E-state index is 5.99. The Labute approximate surface area is 124 Å². The van der Waals surface area contributed by atoms with Crippen LogP contribution in [-0.2, 0) is 13.9 Å². The van der Waals surface area contributed by atoms with Gasteiger partial charge in [0.25, 0.3) is 9.76 Å². The van der Waals surface area contributed by atoms with E-state index < -0.39 is 0 Å². The molecule has 0 aliphatic carbocycles. The number of hydrogen-bond donors (Lipinski definition) is 0. The van der Waals surface area contributed by atoms with Crippen LogP contribution >= 0.6 is 0 Å². The summed E-state index contributed by atoms with van der Waals surface area (Å²) in [6.45, 7) is 11.1. The lowest BCUT2D eigenvalue weighted by Crippen LogP contribution is -2.28. The van der Waals surface area contributed by atoms with Gasteiger partial charge in [-0.05, 0) is 37.5 Å². The monoisotopic (exact) mass is 292 g/mol. The minimum atomic E-state index is -0.262. The Balaban J connectivity index is 2.63. The van der Waals surface area contributed by atoms with Gasteiger partial charge in [-0.15, -0.1) is 0 Å². The van der Waals surface area contributed by atoms with Gasteiger partial charge in [-0.3, -0.25) is 0 Å². The Kier molecular flexibility index (Phi) is 8.45. The van der Waals surface area contributed by atoms with E-state index in [9.17, 15) is 0 Å². The van der Waals surface area contributed by atoms with Crippen molar-refractivity contribution in [3.05, 3.63) is 42.0 Å². The highest BCUT2D eigenvalue weighted by Gasteiger charge is 2.16. The van der Waals surface area contributed by atoms with Crippen LogP contribution in [0.5, 0.6) is 0 Å². The number of ether oxygens (including phenoxy) is 2. The molecular formula is C16H24O3Si. The summed E-state index contributed by atoms with van der Waals surface area (Å²) in [5, 5.41) is 0. The first kappa shape index (κ1) is 17.1. The van der Waals surface area contributed by atoms with Crippen molar-refractivity contribution < 1.29 is 13.9 Å². The predicted octanol–water partition coefficient (Wildman–Crippen LogP) is 3.77. The highest BCUT2D eigenvalue weighted by atomic mass is 28.2. The van der Waals surface area contributed by atoms with Crippen molar-refractivity contribution in [3.8, 4) is 0 Å². The topological polar surface area (TPSA) is 27.7 Å². The van der Waals surface area contributed by atoms with E-state index in [-0.39, 0.29) is 21.8 Å². The van der Waals surface area contributed by atoms with Gasteiger partial charge >= 0.3 is 0 Å². The van der Waals surface area contributed by atoms with Crippen LogP contribution in [0.2, 0.25) is 0 Å².